The van der Waals surface area contributed by atoms with E-state index in [9.17, 15) is 4.79 Å². The van der Waals surface area contributed by atoms with Gasteiger partial charge in [-0.15, -0.1) is 22.7 Å². The van der Waals surface area contributed by atoms with Crippen molar-refractivity contribution in [1.82, 2.24) is 9.88 Å². The Morgan fingerprint density at radius 1 is 1.40 bits per heavy atom. The van der Waals surface area contributed by atoms with E-state index in [0.29, 0.717) is 11.6 Å². The van der Waals surface area contributed by atoms with Gasteiger partial charge in [0.15, 0.2) is 0 Å². The van der Waals surface area contributed by atoms with Crippen molar-refractivity contribution < 1.29 is 9.90 Å². The predicted octanol–water partition coefficient (Wildman–Crippen LogP) is 2.72. The third kappa shape index (κ3) is 2.77. The summed E-state index contributed by atoms with van der Waals surface area (Å²) in [5.41, 5.74) is 0.542. The van der Waals surface area contributed by atoms with Crippen LogP contribution in [0, 0.1) is 5.92 Å². The molecular weight excluding hydrogens is 292 g/mol. The largest absolute Gasteiger partial charge is 0.396 e. The maximum atomic E-state index is 12.4. The van der Waals surface area contributed by atoms with E-state index in [4.69, 9.17) is 5.11 Å². The minimum absolute atomic E-state index is 0.0143. The SMILES string of the molecule is O=C(c1csc(-c2cccs2)n1)N1CCC(CO)CC1. The summed E-state index contributed by atoms with van der Waals surface area (Å²) in [6, 6.07) is 4.01. The standard InChI is InChI=1S/C14H16N2O2S2/c17-8-10-3-5-16(6-4-10)14(18)11-9-20-13(15-11)12-2-1-7-19-12/h1-2,7,9-10,17H,3-6,8H2. The molecule has 6 heteroatoms. The van der Waals surface area contributed by atoms with Gasteiger partial charge in [0, 0.05) is 25.1 Å². The zero-order valence-corrected chi connectivity index (χ0v) is 12.6. The number of aromatic nitrogens is 1. The molecule has 1 saturated heterocycles. The minimum atomic E-state index is 0.0143. The van der Waals surface area contributed by atoms with Crippen LogP contribution in [0.5, 0.6) is 0 Å². The highest BCUT2D eigenvalue weighted by molar-refractivity contribution is 7.20. The number of carbonyl (C=O) groups excluding carboxylic acids is 1. The number of piperidine rings is 1. The summed E-state index contributed by atoms with van der Waals surface area (Å²) >= 11 is 3.15. The molecule has 1 aliphatic heterocycles. The number of aliphatic hydroxyl groups is 1. The number of rotatable bonds is 3. The number of hydrogen-bond acceptors (Lipinski definition) is 5. The number of nitrogens with zero attached hydrogens (tertiary/aromatic N) is 2. The van der Waals surface area contributed by atoms with Gasteiger partial charge in [-0.25, -0.2) is 4.98 Å². The lowest BCUT2D eigenvalue weighted by atomic mass is 9.98. The van der Waals surface area contributed by atoms with Crippen molar-refractivity contribution in [2.75, 3.05) is 19.7 Å². The first-order valence-corrected chi connectivity index (χ1v) is 8.43. The van der Waals surface area contributed by atoms with Crippen LogP contribution in [-0.2, 0) is 0 Å². The molecule has 1 N–H and O–H groups in total. The van der Waals surface area contributed by atoms with Crippen LogP contribution in [0.25, 0.3) is 9.88 Å². The van der Waals surface area contributed by atoms with Crippen molar-refractivity contribution in [3.05, 3.63) is 28.6 Å². The Balaban J connectivity index is 1.69. The smallest absolute Gasteiger partial charge is 0.273 e. The molecule has 0 aliphatic carbocycles. The Bertz CT molecular complexity index is 572. The molecule has 0 saturated carbocycles. The predicted molar refractivity (Wildman–Crippen MR) is 81.1 cm³/mol. The topological polar surface area (TPSA) is 53.4 Å². The molecule has 20 heavy (non-hydrogen) atoms. The summed E-state index contributed by atoms with van der Waals surface area (Å²) in [6.45, 7) is 1.66. The Kier molecular flexibility index (Phi) is 4.14. The fraction of sp³-hybridized carbons (Fsp3) is 0.429. The van der Waals surface area contributed by atoms with E-state index in [0.717, 1.165) is 35.8 Å². The summed E-state index contributed by atoms with van der Waals surface area (Å²) in [5.74, 6) is 0.358. The maximum Gasteiger partial charge on any atom is 0.273 e. The van der Waals surface area contributed by atoms with Gasteiger partial charge in [0.05, 0.1) is 4.88 Å². The van der Waals surface area contributed by atoms with E-state index in [1.54, 1.807) is 11.3 Å². The average molecular weight is 308 g/mol. The van der Waals surface area contributed by atoms with Gasteiger partial charge < -0.3 is 10.0 Å². The molecule has 4 nitrogen and oxygen atoms in total. The molecule has 0 atom stereocenters. The first-order valence-electron chi connectivity index (χ1n) is 6.67. The monoisotopic (exact) mass is 308 g/mol. The first kappa shape index (κ1) is 13.7. The van der Waals surface area contributed by atoms with Crippen LogP contribution in [0.2, 0.25) is 0 Å². The highest BCUT2D eigenvalue weighted by Crippen LogP contribution is 2.28. The Labute approximate surface area is 125 Å². The van der Waals surface area contributed by atoms with Crippen LogP contribution in [-0.4, -0.2) is 40.6 Å². The average Bonchev–Trinajstić information content (AvgIpc) is 3.17. The van der Waals surface area contributed by atoms with Gasteiger partial charge >= 0.3 is 0 Å². The summed E-state index contributed by atoms with van der Waals surface area (Å²) in [5, 5.41) is 13.9. The van der Waals surface area contributed by atoms with Crippen LogP contribution in [0.15, 0.2) is 22.9 Å². The summed E-state index contributed by atoms with van der Waals surface area (Å²) < 4.78 is 0. The lowest BCUT2D eigenvalue weighted by Crippen LogP contribution is -2.39. The van der Waals surface area contributed by atoms with Crippen LogP contribution in [0.4, 0.5) is 0 Å². The first-order chi connectivity index (χ1) is 9.78. The Morgan fingerprint density at radius 3 is 2.85 bits per heavy atom. The van der Waals surface area contributed by atoms with Crippen LogP contribution in [0.1, 0.15) is 23.3 Å². The van der Waals surface area contributed by atoms with Gasteiger partial charge in [-0.1, -0.05) is 6.07 Å². The lowest BCUT2D eigenvalue weighted by Gasteiger charge is -2.30. The molecule has 2 aromatic heterocycles. The van der Waals surface area contributed by atoms with Gasteiger partial charge in [-0.05, 0) is 30.2 Å². The summed E-state index contributed by atoms with van der Waals surface area (Å²) in [4.78, 5) is 19.8. The molecule has 3 heterocycles. The highest BCUT2D eigenvalue weighted by Gasteiger charge is 2.24. The van der Waals surface area contributed by atoms with Crippen molar-refractivity contribution >= 4 is 28.6 Å². The highest BCUT2D eigenvalue weighted by atomic mass is 32.1. The zero-order valence-electron chi connectivity index (χ0n) is 11.0. The molecule has 0 aromatic carbocycles. The zero-order chi connectivity index (χ0) is 13.9. The Morgan fingerprint density at radius 2 is 2.20 bits per heavy atom. The summed E-state index contributed by atoms with van der Waals surface area (Å²) in [6.07, 6.45) is 1.76. The van der Waals surface area contributed by atoms with E-state index in [1.165, 1.54) is 11.3 Å². The van der Waals surface area contributed by atoms with Gasteiger partial charge in [-0.3, -0.25) is 4.79 Å². The number of thiophene rings is 1. The van der Waals surface area contributed by atoms with E-state index >= 15 is 0 Å². The van der Waals surface area contributed by atoms with E-state index < -0.39 is 0 Å². The second kappa shape index (κ2) is 6.03. The van der Waals surface area contributed by atoms with E-state index in [2.05, 4.69) is 4.98 Å². The Hall–Kier alpha value is -1.24. The molecule has 1 fully saturated rings. The molecule has 106 valence electrons. The molecule has 0 radical (unpaired) electrons. The van der Waals surface area contributed by atoms with Crippen LogP contribution >= 0.6 is 22.7 Å². The number of amides is 1. The van der Waals surface area contributed by atoms with Gasteiger partial charge in [-0.2, -0.15) is 0 Å². The second-order valence-corrected chi connectivity index (χ2v) is 6.74. The van der Waals surface area contributed by atoms with Crippen molar-refractivity contribution in [3.8, 4) is 9.88 Å². The third-order valence-electron chi connectivity index (χ3n) is 3.62. The summed E-state index contributed by atoms with van der Waals surface area (Å²) in [7, 11) is 0. The molecule has 0 spiro atoms. The van der Waals surface area contributed by atoms with Crippen molar-refractivity contribution in [2.45, 2.75) is 12.8 Å². The molecule has 1 amide bonds. The molecule has 2 aromatic rings. The molecule has 0 bridgehead atoms. The molecule has 3 rings (SSSR count). The number of thiazole rings is 1. The van der Waals surface area contributed by atoms with Crippen LogP contribution < -0.4 is 0 Å². The number of carbonyl (C=O) groups is 1. The third-order valence-corrected chi connectivity index (χ3v) is 5.50. The number of likely N-dealkylation sites (tertiary alicyclic amines) is 1. The normalized spacial score (nSPS) is 16.6. The fourth-order valence-electron chi connectivity index (χ4n) is 2.37. The molecular formula is C14H16N2O2S2. The van der Waals surface area contributed by atoms with Gasteiger partial charge in [0.1, 0.15) is 10.7 Å². The van der Waals surface area contributed by atoms with Crippen molar-refractivity contribution in [3.63, 3.8) is 0 Å². The quantitative estimate of drug-likeness (QED) is 0.948. The molecule has 0 unspecified atom stereocenters. The lowest BCUT2D eigenvalue weighted by molar-refractivity contribution is 0.0646. The second-order valence-electron chi connectivity index (χ2n) is 4.93. The fourth-order valence-corrected chi connectivity index (χ4v) is 3.97. The van der Waals surface area contributed by atoms with Crippen molar-refractivity contribution in [1.29, 1.82) is 0 Å². The van der Waals surface area contributed by atoms with Gasteiger partial charge in [0.25, 0.3) is 5.91 Å². The van der Waals surface area contributed by atoms with Crippen LogP contribution in [0.3, 0.4) is 0 Å². The molecule has 1 aliphatic rings. The van der Waals surface area contributed by atoms with Crippen molar-refractivity contribution in [2.24, 2.45) is 5.92 Å². The van der Waals surface area contributed by atoms with E-state index in [1.807, 2.05) is 27.8 Å². The maximum absolute atomic E-state index is 12.4. The number of aliphatic hydroxyl groups excluding tert-OH is 1. The van der Waals surface area contributed by atoms with Gasteiger partial charge in [0.2, 0.25) is 0 Å². The number of hydrogen-bond donors (Lipinski definition) is 1. The minimum Gasteiger partial charge on any atom is -0.396 e. The van der Waals surface area contributed by atoms with E-state index in [-0.39, 0.29) is 12.5 Å².